The van der Waals surface area contributed by atoms with Crippen molar-refractivity contribution in [1.29, 1.82) is 0 Å². The molecular weight excluding hydrogens is 316 g/mol. The molecular formula is C19H24N4O2. The zero-order chi connectivity index (χ0) is 18.4. The molecule has 0 aliphatic carbocycles. The highest BCUT2D eigenvalue weighted by Gasteiger charge is 2.14. The molecule has 0 fully saturated rings. The summed E-state index contributed by atoms with van der Waals surface area (Å²) in [4.78, 5) is 23.4. The first kappa shape index (κ1) is 18.4. The largest absolute Gasteiger partial charge is 0.345 e. The molecule has 0 saturated heterocycles. The summed E-state index contributed by atoms with van der Waals surface area (Å²) in [6, 6.07) is 11.9. The second-order valence-corrected chi connectivity index (χ2v) is 5.98. The fourth-order valence-electron chi connectivity index (χ4n) is 2.50. The van der Waals surface area contributed by atoms with E-state index >= 15 is 0 Å². The van der Waals surface area contributed by atoms with Gasteiger partial charge in [0.15, 0.2) is 0 Å². The maximum atomic E-state index is 11.7. The number of para-hydroxylation sites is 1. The molecule has 6 heteroatoms. The van der Waals surface area contributed by atoms with E-state index in [1.807, 2.05) is 64.1 Å². The van der Waals surface area contributed by atoms with Crippen molar-refractivity contribution >= 4 is 18.0 Å². The average molecular weight is 340 g/mol. The van der Waals surface area contributed by atoms with Crippen LogP contribution in [0.5, 0.6) is 0 Å². The van der Waals surface area contributed by atoms with Gasteiger partial charge >= 0.3 is 11.8 Å². The van der Waals surface area contributed by atoms with Crippen LogP contribution in [0.15, 0.2) is 41.5 Å². The lowest BCUT2D eigenvalue weighted by Crippen LogP contribution is -2.41. The highest BCUT2D eigenvalue weighted by molar-refractivity contribution is 6.35. The van der Waals surface area contributed by atoms with Gasteiger partial charge < -0.3 is 9.88 Å². The molecule has 1 aromatic carbocycles. The van der Waals surface area contributed by atoms with Gasteiger partial charge in [-0.25, -0.2) is 5.43 Å². The van der Waals surface area contributed by atoms with E-state index in [9.17, 15) is 9.59 Å². The monoisotopic (exact) mass is 340 g/mol. The minimum Gasteiger partial charge on any atom is -0.345 e. The molecule has 0 bridgehead atoms. The Morgan fingerprint density at radius 1 is 1.20 bits per heavy atom. The molecule has 0 spiro atoms. The van der Waals surface area contributed by atoms with Crippen molar-refractivity contribution in [2.75, 3.05) is 0 Å². The van der Waals surface area contributed by atoms with Gasteiger partial charge in [-0.3, -0.25) is 9.59 Å². The predicted molar refractivity (Wildman–Crippen MR) is 98.9 cm³/mol. The maximum Gasteiger partial charge on any atom is 0.329 e. The van der Waals surface area contributed by atoms with Gasteiger partial charge in [0.05, 0.1) is 6.21 Å². The summed E-state index contributed by atoms with van der Waals surface area (Å²) in [5.74, 6) is -1.45. The molecule has 6 nitrogen and oxygen atoms in total. The van der Waals surface area contributed by atoms with Crippen LogP contribution in [-0.4, -0.2) is 28.6 Å². The van der Waals surface area contributed by atoms with Gasteiger partial charge in [-0.1, -0.05) is 25.1 Å². The minimum atomic E-state index is -0.770. The van der Waals surface area contributed by atoms with E-state index < -0.39 is 11.8 Å². The molecule has 0 unspecified atom stereocenters. The molecule has 0 radical (unpaired) electrons. The molecule has 2 aromatic rings. The van der Waals surface area contributed by atoms with Crippen molar-refractivity contribution in [2.45, 2.75) is 40.2 Å². The fraction of sp³-hybridized carbons (Fsp3) is 0.316. The van der Waals surface area contributed by atoms with Gasteiger partial charge in [0.1, 0.15) is 0 Å². The van der Waals surface area contributed by atoms with E-state index in [2.05, 4.69) is 20.4 Å². The first-order valence-corrected chi connectivity index (χ1v) is 8.32. The second-order valence-electron chi connectivity index (χ2n) is 5.98. The molecule has 1 aromatic heterocycles. The number of carbonyl (C=O) groups is 2. The molecule has 1 atom stereocenters. The summed E-state index contributed by atoms with van der Waals surface area (Å²) >= 11 is 0. The fourth-order valence-corrected chi connectivity index (χ4v) is 2.50. The van der Waals surface area contributed by atoms with Gasteiger partial charge in [0.2, 0.25) is 0 Å². The quantitative estimate of drug-likeness (QED) is 0.498. The van der Waals surface area contributed by atoms with Gasteiger partial charge in [0, 0.05) is 28.7 Å². The van der Waals surface area contributed by atoms with E-state index in [1.165, 1.54) is 0 Å². The lowest BCUT2D eigenvalue weighted by atomic mass is 10.2. The summed E-state index contributed by atoms with van der Waals surface area (Å²) in [5, 5.41) is 6.50. The van der Waals surface area contributed by atoms with Crippen molar-refractivity contribution in [3.05, 3.63) is 53.3 Å². The number of aryl methyl sites for hydroxylation is 1. The van der Waals surface area contributed by atoms with Crippen molar-refractivity contribution in [1.82, 2.24) is 15.3 Å². The van der Waals surface area contributed by atoms with E-state index in [1.54, 1.807) is 6.21 Å². The Kier molecular flexibility index (Phi) is 6.11. The third kappa shape index (κ3) is 4.56. The minimum absolute atomic E-state index is 0.0490. The summed E-state index contributed by atoms with van der Waals surface area (Å²) in [5.41, 5.74) is 6.27. The Labute approximate surface area is 147 Å². The van der Waals surface area contributed by atoms with Crippen LogP contribution >= 0.6 is 0 Å². The van der Waals surface area contributed by atoms with Crippen molar-refractivity contribution in [3.63, 3.8) is 0 Å². The molecule has 0 saturated carbocycles. The van der Waals surface area contributed by atoms with Gasteiger partial charge in [-0.2, -0.15) is 5.10 Å². The first-order chi connectivity index (χ1) is 11.9. The number of benzene rings is 1. The smallest absolute Gasteiger partial charge is 0.329 e. The number of amides is 2. The molecule has 25 heavy (non-hydrogen) atoms. The number of rotatable bonds is 5. The Hall–Kier alpha value is -2.89. The van der Waals surface area contributed by atoms with Crippen LogP contribution in [0.3, 0.4) is 0 Å². The predicted octanol–water partition coefficient (Wildman–Crippen LogP) is 2.46. The van der Waals surface area contributed by atoms with Crippen molar-refractivity contribution < 1.29 is 9.59 Å². The van der Waals surface area contributed by atoms with E-state index in [0.29, 0.717) is 0 Å². The van der Waals surface area contributed by atoms with Crippen LogP contribution in [0.1, 0.15) is 37.2 Å². The van der Waals surface area contributed by atoms with E-state index in [-0.39, 0.29) is 6.04 Å². The molecule has 2 rings (SSSR count). The van der Waals surface area contributed by atoms with Crippen molar-refractivity contribution in [3.8, 4) is 5.69 Å². The van der Waals surface area contributed by atoms with Crippen LogP contribution in [0.4, 0.5) is 0 Å². The van der Waals surface area contributed by atoms with Crippen LogP contribution in [0, 0.1) is 13.8 Å². The Morgan fingerprint density at radius 2 is 1.88 bits per heavy atom. The Bertz CT molecular complexity index is 778. The Morgan fingerprint density at radius 3 is 2.52 bits per heavy atom. The van der Waals surface area contributed by atoms with Gasteiger partial charge in [-0.05, 0) is 45.4 Å². The van der Waals surface area contributed by atoms with Crippen LogP contribution < -0.4 is 10.7 Å². The molecule has 2 N–H and O–H groups in total. The topological polar surface area (TPSA) is 75.5 Å². The second kappa shape index (κ2) is 8.28. The molecule has 0 aliphatic rings. The van der Waals surface area contributed by atoms with Gasteiger partial charge in [0.25, 0.3) is 0 Å². The highest BCUT2D eigenvalue weighted by atomic mass is 16.2. The normalized spacial score (nSPS) is 12.2. The van der Waals surface area contributed by atoms with Crippen LogP contribution in [0.25, 0.3) is 5.69 Å². The summed E-state index contributed by atoms with van der Waals surface area (Å²) < 4.78 is 2.11. The third-order valence-corrected chi connectivity index (χ3v) is 4.05. The number of hydrazone groups is 1. The first-order valence-electron chi connectivity index (χ1n) is 8.32. The molecule has 132 valence electrons. The molecule has 2 amide bonds. The number of aromatic nitrogens is 1. The zero-order valence-corrected chi connectivity index (χ0v) is 15.0. The number of nitrogens with one attached hydrogen (secondary N) is 2. The Balaban J connectivity index is 2.07. The van der Waals surface area contributed by atoms with Crippen molar-refractivity contribution in [2.24, 2.45) is 5.10 Å². The number of hydrogen-bond acceptors (Lipinski definition) is 3. The third-order valence-electron chi connectivity index (χ3n) is 4.05. The van der Waals surface area contributed by atoms with Gasteiger partial charge in [-0.15, -0.1) is 0 Å². The summed E-state index contributed by atoms with van der Waals surface area (Å²) in [6.45, 7) is 7.77. The number of nitrogens with zero attached hydrogens (tertiary/aromatic N) is 2. The summed E-state index contributed by atoms with van der Waals surface area (Å²) in [7, 11) is 0. The lowest BCUT2D eigenvalue weighted by Gasteiger charge is -2.09. The SMILES string of the molecule is CC[C@@H](C)NC(=O)C(=O)N/N=C\c1cc(C)n(-c2ccccc2)c1C. The highest BCUT2D eigenvalue weighted by Crippen LogP contribution is 2.19. The molecule has 1 heterocycles. The van der Waals surface area contributed by atoms with E-state index in [4.69, 9.17) is 0 Å². The molecule has 0 aliphatic heterocycles. The number of carbonyl (C=O) groups excluding carboxylic acids is 2. The maximum absolute atomic E-state index is 11.7. The van der Waals surface area contributed by atoms with E-state index in [0.717, 1.165) is 29.1 Å². The van der Waals surface area contributed by atoms with Crippen LogP contribution in [-0.2, 0) is 9.59 Å². The zero-order valence-electron chi connectivity index (χ0n) is 15.0. The van der Waals surface area contributed by atoms with Crippen LogP contribution in [0.2, 0.25) is 0 Å². The average Bonchev–Trinajstić information content (AvgIpc) is 2.89. The summed E-state index contributed by atoms with van der Waals surface area (Å²) in [6.07, 6.45) is 2.31. The lowest BCUT2D eigenvalue weighted by molar-refractivity contribution is -0.139. The standard InChI is InChI=1S/C19H24N4O2/c1-5-13(2)21-18(24)19(25)22-20-12-16-11-14(3)23(15(16)4)17-9-7-6-8-10-17/h6-13H,5H2,1-4H3,(H,21,24)(H,22,25)/b20-12-/t13-/m1/s1. The number of hydrogen-bond donors (Lipinski definition) is 2.